The molecule has 0 bridgehead atoms. The summed E-state index contributed by atoms with van der Waals surface area (Å²) in [4.78, 5) is 23.8. The van der Waals surface area contributed by atoms with Crippen LogP contribution in [0.25, 0.3) is 0 Å². The van der Waals surface area contributed by atoms with E-state index in [-0.39, 0.29) is 11.6 Å². The molecule has 0 saturated carbocycles. The van der Waals surface area contributed by atoms with Crippen LogP contribution in [0.2, 0.25) is 0 Å². The molecule has 7 nitrogen and oxygen atoms in total. The van der Waals surface area contributed by atoms with Crippen molar-refractivity contribution in [2.75, 3.05) is 6.54 Å². The Kier molecular flexibility index (Phi) is 1.91. The first-order valence-electron chi connectivity index (χ1n) is 4.16. The number of nitrogens with one attached hydrogen (secondary N) is 1. The number of aromatic amines is 1. The Bertz CT molecular complexity index is 360. The van der Waals surface area contributed by atoms with Gasteiger partial charge >= 0.3 is 0 Å². The summed E-state index contributed by atoms with van der Waals surface area (Å²) in [5, 5.41) is 9.48. The molecular formula is C7H9N5O2. The molecule has 1 atom stereocenters. The van der Waals surface area contributed by atoms with Crippen molar-refractivity contribution in [2.45, 2.75) is 12.5 Å². The minimum Gasteiger partial charge on any atom is -0.368 e. The first-order chi connectivity index (χ1) is 6.70. The lowest BCUT2D eigenvalue weighted by molar-refractivity contribution is -0.125. The van der Waals surface area contributed by atoms with Gasteiger partial charge < -0.3 is 10.6 Å². The fraction of sp³-hybridized carbons (Fsp3) is 0.429. The van der Waals surface area contributed by atoms with E-state index in [0.717, 1.165) is 0 Å². The smallest absolute Gasteiger partial charge is 0.276 e. The average molecular weight is 195 g/mol. The number of hydrogen-bond donors (Lipinski definition) is 2. The first kappa shape index (κ1) is 8.67. The summed E-state index contributed by atoms with van der Waals surface area (Å²) in [7, 11) is 0. The predicted molar refractivity (Wildman–Crippen MR) is 45.0 cm³/mol. The van der Waals surface area contributed by atoms with Gasteiger partial charge in [0.05, 0.1) is 6.20 Å². The summed E-state index contributed by atoms with van der Waals surface area (Å²) < 4.78 is 0. The number of primary amides is 1. The summed E-state index contributed by atoms with van der Waals surface area (Å²) in [5.41, 5.74) is 5.31. The Hall–Kier alpha value is -1.92. The molecule has 14 heavy (non-hydrogen) atoms. The van der Waals surface area contributed by atoms with Gasteiger partial charge in [-0.15, -0.1) is 0 Å². The van der Waals surface area contributed by atoms with E-state index in [1.54, 1.807) is 0 Å². The minimum absolute atomic E-state index is 0.205. The number of carbonyl (C=O) groups is 2. The lowest BCUT2D eigenvalue weighted by Crippen LogP contribution is -2.57. The molecule has 1 aliphatic heterocycles. The van der Waals surface area contributed by atoms with Crippen LogP contribution in [0.4, 0.5) is 0 Å². The lowest BCUT2D eigenvalue weighted by Gasteiger charge is -2.38. The van der Waals surface area contributed by atoms with E-state index in [9.17, 15) is 9.59 Å². The number of rotatable bonds is 2. The molecule has 0 aliphatic carbocycles. The highest BCUT2D eigenvalue weighted by Gasteiger charge is 2.37. The highest BCUT2D eigenvalue weighted by molar-refractivity contribution is 5.96. The number of nitrogens with two attached hydrogens (primary N) is 1. The molecule has 1 aliphatic rings. The van der Waals surface area contributed by atoms with Crippen molar-refractivity contribution in [3.05, 3.63) is 11.9 Å². The van der Waals surface area contributed by atoms with Crippen molar-refractivity contribution >= 4 is 11.8 Å². The van der Waals surface area contributed by atoms with Crippen LogP contribution in [0.5, 0.6) is 0 Å². The van der Waals surface area contributed by atoms with Gasteiger partial charge in [0.1, 0.15) is 6.04 Å². The van der Waals surface area contributed by atoms with E-state index in [1.807, 2.05) is 0 Å². The number of aromatic nitrogens is 3. The maximum absolute atomic E-state index is 11.6. The standard InChI is InChI=1S/C7H9N5O2/c8-6(13)5-1-2-12(5)7(14)4-3-9-11-10-4/h3,5H,1-2H2,(H2,8,13)(H,9,10,11). The maximum Gasteiger partial charge on any atom is 0.276 e. The monoisotopic (exact) mass is 195 g/mol. The van der Waals surface area contributed by atoms with E-state index in [1.165, 1.54) is 11.1 Å². The Labute approximate surface area is 79.3 Å². The molecular weight excluding hydrogens is 186 g/mol. The number of amides is 2. The van der Waals surface area contributed by atoms with Crippen molar-refractivity contribution in [2.24, 2.45) is 5.73 Å². The van der Waals surface area contributed by atoms with Gasteiger partial charge in [0.2, 0.25) is 5.91 Å². The highest BCUT2D eigenvalue weighted by Crippen LogP contribution is 2.18. The van der Waals surface area contributed by atoms with Crippen molar-refractivity contribution in [3.63, 3.8) is 0 Å². The van der Waals surface area contributed by atoms with Crippen molar-refractivity contribution < 1.29 is 9.59 Å². The second kappa shape index (κ2) is 3.09. The predicted octanol–water partition coefficient (Wildman–Crippen LogP) is -1.50. The van der Waals surface area contributed by atoms with Crippen molar-refractivity contribution in [1.82, 2.24) is 20.3 Å². The van der Waals surface area contributed by atoms with E-state index < -0.39 is 11.9 Å². The maximum atomic E-state index is 11.6. The number of hydrogen-bond acceptors (Lipinski definition) is 4. The molecule has 7 heteroatoms. The van der Waals surface area contributed by atoms with Crippen molar-refractivity contribution in [1.29, 1.82) is 0 Å². The summed E-state index contributed by atoms with van der Waals surface area (Å²) in [6, 6.07) is -0.487. The van der Waals surface area contributed by atoms with Crippen LogP contribution in [0, 0.1) is 0 Å². The molecule has 1 aromatic rings. The summed E-state index contributed by atoms with van der Waals surface area (Å²) >= 11 is 0. The van der Waals surface area contributed by atoms with Crippen LogP contribution in [0.3, 0.4) is 0 Å². The molecule has 2 rings (SSSR count). The van der Waals surface area contributed by atoms with Gasteiger partial charge in [0.15, 0.2) is 5.69 Å². The fourth-order valence-electron chi connectivity index (χ4n) is 1.38. The van der Waals surface area contributed by atoms with E-state index >= 15 is 0 Å². The average Bonchev–Trinajstić information content (AvgIpc) is 2.51. The van der Waals surface area contributed by atoms with Crippen LogP contribution in [-0.2, 0) is 4.79 Å². The molecule has 0 aromatic carbocycles. The van der Waals surface area contributed by atoms with E-state index in [0.29, 0.717) is 13.0 Å². The molecule has 1 saturated heterocycles. The molecule has 2 amide bonds. The molecule has 1 fully saturated rings. The largest absolute Gasteiger partial charge is 0.368 e. The summed E-state index contributed by atoms with van der Waals surface area (Å²) in [6.07, 6.45) is 1.94. The topological polar surface area (TPSA) is 105 Å². The first-order valence-corrected chi connectivity index (χ1v) is 4.16. The quantitative estimate of drug-likeness (QED) is 0.599. The van der Waals surface area contributed by atoms with Crippen LogP contribution in [0.1, 0.15) is 16.9 Å². The third-order valence-electron chi connectivity index (χ3n) is 2.24. The molecule has 1 unspecified atom stereocenters. The van der Waals surface area contributed by atoms with Gasteiger partial charge in [-0.2, -0.15) is 15.4 Å². The minimum atomic E-state index is -0.487. The van der Waals surface area contributed by atoms with Crippen LogP contribution >= 0.6 is 0 Å². The van der Waals surface area contributed by atoms with Crippen LogP contribution < -0.4 is 5.73 Å². The fourth-order valence-corrected chi connectivity index (χ4v) is 1.38. The lowest BCUT2D eigenvalue weighted by atomic mass is 10.0. The van der Waals surface area contributed by atoms with Crippen LogP contribution in [-0.4, -0.2) is 44.7 Å². The van der Waals surface area contributed by atoms with Gasteiger partial charge in [-0.25, -0.2) is 0 Å². The van der Waals surface area contributed by atoms with Crippen LogP contribution in [0.15, 0.2) is 6.20 Å². The zero-order chi connectivity index (χ0) is 10.1. The molecule has 0 radical (unpaired) electrons. The molecule has 2 heterocycles. The Morgan fingerprint density at radius 1 is 1.64 bits per heavy atom. The van der Waals surface area contributed by atoms with Gasteiger partial charge in [-0.1, -0.05) is 0 Å². The Morgan fingerprint density at radius 2 is 2.43 bits per heavy atom. The number of carbonyl (C=O) groups excluding carboxylic acids is 2. The third kappa shape index (κ3) is 1.22. The third-order valence-corrected chi connectivity index (χ3v) is 2.24. The summed E-state index contributed by atoms with van der Waals surface area (Å²) in [6.45, 7) is 0.541. The highest BCUT2D eigenvalue weighted by atomic mass is 16.2. The number of H-pyrrole nitrogens is 1. The van der Waals surface area contributed by atoms with E-state index in [2.05, 4.69) is 15.4 Å². The van der Waals surface area contributed by atoms with Crippen molar-refractivity contribution in [3.8, 4) is 0 Å². The van der Waals surface area contributed by atoms with Gasteiger partial charge in [0, 0.05) is 6.54 Å². The second-order valence-corrected chi connectivity index (χ2v) is 3.06. The number of nitrogens with zero attached hydrogens (tertiary/aromatic N) is 3. The SMILES string of the molecule is NC(=O)C1CCN1C(=O)c1cn[nH]n1. The molecule has 0 spiro atoms. The van der Waals surface area contributed by atoms with Gasteiger partial charge in [0.25, 0.3) is 5.91 Å². The summed E-state index contributed by atoms with van der Waals surface area (Å²) in [5.74, 6) is -0.790. The Morgan fingerprint density at radius 3 is 2.86 bits per heavy atom. The molecule has 3 N–H and O–H groups in total. The van der Waals surface area contributed by atoms with Gasteiger partial charge in [-0.3, -0.25) is 9.59 Å². The van der Waals surface area contributed by atoms with Gasteiger partial charge in [-0.05, 0) is 6.42 Å². The second-order valence-electron chi connectivity index (χ2n) is 3.06. The Balaban J connectivity index is 2.10. The molecule has 74 valence electrons. The number of likely N-dealkylation sites (tertiary alicyclic amines) is 1. The zero-order valence-corrected chi connectivity index (χ0v) is 7.30. The van der Waals surface area contributed by atoms with E-state index in [4.69, 9.17) is 5.73 Å². The zero-order valence-electron chi connectivity index (χ0n) is 7.30. The normalized spacial score (nSPS) is 20.3. The molecule has 1 aromatic heterocycles.